The zero-order chi connectivity index (χ0) is 17.6. The normalized spacial score (nSPS) is 15.2. The number of carbonyl (C=O) groups is 1. The predicted octanol–water partition coefficient (Wildman–Crippen LogP) is 2.06. The van der Waals surface area contributed by atoms with E-state index in [0.717, 1.165) is 42.9 Å². The van der Waals surface area contributed by atoms with Crippen LogP contribution >= 0.6 is 15.9 Å². The van der Waals surface area contributed by atoms with Crippen LogP contribution in [0.2, 0.25) is 0 Å². The molecule has 1 saturated heterocycles. The zero-order valence-electron chi connectivity index (χ0n) is 14.5. The average molecular weight is 404 g/mol. The fourth-order valence-corrected chi connectivity index (χ4v) is 3.28. The van der Waals surface area contributed by atoms with Gasteiger partial charge in [0.05, 0.1) is 26.2 Å². The molecule has 0 aromatic heterocycles. The minimum absolute atomic E-state index is 0.0725. The molecule has 3 rings (SSSR count). The Bertz CT molecular complexity index is 693. The lowest BCUT2D eigenvalue weighted by Crippen LogP contribution is -3.13. The number of amides is 1. The fraction of sp³-hybridized carbons (Fsp3) is 0.350. The van der Waals surface area contributed by atoms with E-state index in [1.807, 2.05) is 36.1 Å². The van der Waals surface area contributed by atoms with Crippen LogP contribution in [0.15, 0.2) is 53.0 Å². The molecule has 0 spiro atoms. The third-order valence-corrected chi connectivity index (χ3v) is 5.10. The van der Waals surface area contributed by atoms with Crippen molar-refractivity contribution in [2.24, 2.45) is 0 Å². The van der Waals surface area contributed by atoms with Crippen LogP contribution in [0.25, 0.3) is 0 Å². The molecule has 0 atom stereocenters. The number of carbonyl (C=O) groups excluding carboxylic acids is 1. The minimum Gasteiger partial charge on any atom is -0.484 e. The number of rotatable bonds is 5. The van der Waals surface area contributed by atoms with E-state index in [1.165, 1.54) is 16.0 Å². The first-order valence-corrected chi connectivity index (χ1v) is 9.45. The number of piperazine rings is 1. The number of hydrogen-bond donors (Lipinski definition) is 1. The molecule has 5 heteroatoms. The molecule has 1 N–H and O–H groups in total. The maximum absolute atomic E-state index is 12.3. The maximum Gasteiger partial charge on any atom is 0.260 e. The van der Waals surface area contributed by atoms with Crippen LogP contribution in [0, 0.1) is 6.92 Å². The van der Waals surface area contributed by atoms with Crippen molar-refractivity contribution in [3.05, 3.63) is 64.1 Å². The van der Waals surface area contributed by atoms with Gasteiger partial charge in [0.15, 0.2) is 6.61 Å². The Morgan fingerprint density at radius 3 is 2.36 bits per heavy atom. The van der Waals surface area contributed by atoms with Crippen LogP contribution in [0.1, 0.15) is 11.1 Å². The second-order valence-corrected chi connectivity index (χ2v) is 7.45. The largest absolute Gasteiger partial charge is 0.484 e. The van der Waals surface area contributed by atoms with Crippen molar-refractivity contribution in [3.8, 4) is 5.75 Å². The smallest absolute Gasteiger partial charge is 0.260 e. The Labute approximate surface area is 157 Å². The van der Waals surface area contributed by atoms with Crippen molar-refractivity contribution >= 4 is 21.8 Å². The third-order valence-electron chi connectivity index (χ3n) is 4.57. The highest BCUT2D eigenvalue weighted by atomic mass is 79.9. The van der Waals surface area contributed by atoms with E-state index in [9.17, 15) is 4.79 Å². The molecule has 1 heterocycles. The van der Waals surface area contributed by atoms with Gasteiger partial charge in [0.2, 0.25) is 0 Å². The third kappa shape index (κ3) is 5.31. The lowest BCUT2D eigenvalue weighted by atomic mass is 10.2. The first kappa shape index (κ1) is 18.0. The van der Waals surface area contributed by atoms with Crippen molar-refractivity contribution in [3.63, 3.8) is 0 Å². The Morgan fingerprint density at radius 2 is 1.72 bits per heavy atom. The van der Waals surface area contributed by atoms with Crippen molar-refractivity contribution in [1.82, 2.24) is 4.90 Å². The van der Waals surface area contributed by atoms with Crippen molar-refractivity contribution in [1.29, 1.82) is 0 Å². The number of hydrogen-bond acceptors (Lipinski definition) is 2. The second-order valence-electron chi connectivity index (χ2n) is 6.54. The lowest BCUT2D eigenvalue weighted by molar-refractivity contribution is -0.917. The van der Waals surface area contributed by atoms with E-state index in [0.29, 0.717) is 0 Å². The summed E-state index contributed by atoms with van der Waals surface area (Å²) in [5.41, 5.74) is 2.52. The standard InChI is InChI=1S/C20H23BrN2O2/c1-16-2-8-19(9-3-16)25-15-20(24)23-12-10-22(11-13-23)14-17-4-6-18(21)7-5-17/h2-9H,10-15H2,1H3/p+1. The van der Waals surface area contributed by atoms with Gasteiger partial charge in [-0.15, -0.1) is 0 Å². The molecule has 1 aliphatic heterocycles. The summed E-state index contributed by atoms with van der Waals surface area (Å²) in [7, 11) is 0. The predicted molar refractivity (Wildman–Crippen MR) is 102 cm³/mol. The van der Waals surface area contributed by atoms with Gasteiger partial charge in [0.1, 0.15) is 12.3 Å². The molecule has 1 fully saturated rings. The molecule has 0 unspecified atom stereocenters. The van der Waals surface area contributed by atoms with Gasteiger partial charge in [-0.3, -0.25) is 4.79 Å². The lowest BCUT2D eigenvalue weighted by Gasteiger charge is -2.32. The average Bonchev–Trinajstić information content (AvgIpc) is 2.63. The minimum atomic E-state index is 0.0725. The summed E-state index contributed by atoms with van der Waals surface area (Å²) < 4.78 is 6.71. The van der Waals surface area contributed by atoms with Crippen LogP contribution < -0.4 is 9.64 Å². The molecule has 0 saturated carbocycles. The highest BCUT2D eigenvalue weighted by molar-refractivity contribution is 9.10. The summed E-state index contributed by atoms with van der Waals surface area (Å²) >= 11 is 3.47. The molecule has 0 radical (unpaired) electrons. The first-order chi connectivity index (χ1) is 12.1. The van der Waals surface area contributed by atoms with Gasteiger partial charge in [0.25, 0.3) is 5.91 Å². The number of benzene rings is 2. The van der Waals surface area contributed by atoms with E-state index in [2.05, 4.69) is 40.2 Å². The molecule has 1 amide bonds. The molecule has 4 nitrogen and oxygen atoms in total. The van der Waals surface area contributed by atoms with Gasteiger partial charge in [-0.05, 0) is 31.2 Å². The first-order valence-electron chi connectivity index (χ1n) is 8.65. The summed E-state index contributed by atoms with van der Waals surface area (Å²) in [6.07, 6.45) is 0. The topological polar surface area (TPSA) is 34.0 Å². The monoisotopic (exact) mass is 403 g/mol. The summed E-state index contributed by atoms with van der Waals surface area (Å²) in [5, 5.41) is 0. The molecule has 2 aromatic carbocycles. The van der Waals surface area contributed by atoms with E-state index < -0.39 is 0 Å². The molecular weight excluding hydrogens is 380 g/mol. The van der Waals surface area contributed by atoms with Gasteiger partial charge in [-0.25, -0.2) is 0 Å². The highest BCUT2D eigenvalue weighted by Gasteiger charge is 2.23. The Kier molecular flexibility index (Phi) is 6.10. The quantitative estimate of drug-likeness (QED) is 0.828. The van der Waals surface area contributed by atoms with Crippen LogP contribution in [-0.2, 0) is 11.3 Å². The summed E-state index contributed by atoms with van der Waals surface area (Å²) in [4.78, 5) is 15.8. The van der Waals surface area contributed by atoms with Gasteiger partial charge >= 0.3 is 0 Å². The maximum atomic E-state index is 12.3. The Morgan fingerprint density at radius 1 is 1.08 bits per heavy atom. The van der Waals surface area contributed by atoms with Gasteiger partial charge in [-0.1, -0.05) is 45.8 Å². The van der Waals surface area contributed by atoms with Gasteiger partial charge < -0.3 is 14.5 Å². The number of halogens is 1. The van der Waals surface area contributed by atoms with Gasteiger partial charge in [-0.2, -0.15) is 0 Å². The molecule has 1 aliphatic rings. The molecule has 0 aliphatic carbocycles. The highest BCUT2D eigenvalue weighted by Crippen LogP contribution is 2.12. The van der Waals surface area contributed by atoms with Gasteiger partial charge in [0, 0.05) is 10.0 Å². The molecule has 132 valence electrons. The molecular formula is C20H24BrN2O2+. The number of aryl methyl sites for hydroxylation is 1. The van der Waals surface area contributed by atoms with Crippen molar-refractivity contribution < 1.29 is 14.4 Å². The van der Waals surface area contributed by atoms with Crippen molar-refractivity contribution in [2.75, 3.05) is 32.8 Å². The zero-order valence-corrected chi connectivity index (χ0v) is 16.1. The molecule has 25 heavy (non-hydrogen) atoms. The molecule has 0 bridgehead atoms. The SMILES string of the molecule is Cc1ccc(OCC(=O)N2CC[NH+](Cc3ccc(Br)cc3)CC2)cc1. The summed E-state index contributed by atoms with van der Waals surface area (Å²) in [6.45, 7) is 6.70. The molecule has 2 aromatic rings. The Hall–Kier alpha value is -1.85. The van der Waals surface area contributed by atoms with Crippen LogP contribution in [0.4, 0.5) is 0 Å². The number of nitrogens with one attached hydrogen (secondary N) is 1. The summed E-state index contributed by atoms with van der Waals surface area (Å²) in [6, 6.07) is 16.3. The van der Waals surface area contributed by atoms with Crippen molar-refractivity contribution in [2.45, 2.75) is 13.5 Å². The number of quaternary nitrogens is 1. The second kappa shape index (κ2) is 8.50. The van der Waals surface area contributed by atoms with Crippen LogP contribution in [-0.4, -0.2) is 43.6 Å². The number of ether oxygens (including phenoxy) is 1. The Balaban J connectivity index is 1.42. The fourth-order valence-electron chi connectivity index (χ4n) is 3.01. The van der Waals surface area contributed by atoms with E-state index in [4.69, 9.17) is 4.74 Å². The van der Waals surface area contributed by atoms with E-state index >= 15 is 0 Å². The number of nitrogens with zero attached hydrogens (tertiary/aromatic N) is 1. The summed E-state index contributed by atoms with van der Waals surface area (Å²) in [5.74, 6) is 0.821. The van der Waals surface area contributed by atoms with Crippen LogP contribution in [0.3, 0.4) is 0 Å². The van der Waals surface area contributed by atoms with Crippen LogP contribution in [0.5, 0.6) is 5.75 Å². The van der Waals surface area contributed by atoms with E-state index in [-0.39, 0.29) is 12.5 Å². The van der Waals surface area contributed by atoms with E-state index in [1.54, 1.807) is 0 Å².